The Labute approximate surface area is 171 Å². The third-order valence-electron chi connectivity index (χ3n) is 4.01. The molecule has 0 aliphatic carbocycles. The first-order valence-corrected chi connectivity index (χ1v) is 10.1. The predicted octanol–water partition coefficient (Wildman–Crippen LogP) is 5.63. The Balaban J connectivity index is 1.80. The molecule has 0 aliphatic heterocycles. The van der Waals surface area contributed by atoms with E-state index >= 15 is 0 Å². The van der Waals surface area contributed by atoms with Crippen LogP contribution in [0.5, 0.6) is 5.75 Å². The maximum absolute atomic E-state index is 12.2. The van der Waals surface area contributed by atoms with Crippen LogP contribution >= 0.6 is 33.9 Å². The van der Waals surface area contributed by atoms with Crippen molar-refractivity contribution in [3.63, 3.8) is 0 Å². The standard InChI is InChI=1S/C20H19IN2O2S/c1-13-8-9-17(10-14(13)2)23(15(3)24)20-22-16(12-26-20)11-25-19-7-5-4-6-18(19)21/h4-10,12H,11H2,1-3H3. The molecule has 0 saturated carbocycles. The fourth-order valence-electron chi connectivity index (χ4n) is 2.47. The Bertz CT molecular complexity index is 939. The number of rotatable bonds is 5. The van der Waals surface area contributed by atoms with Crippen LogP contribution in [0, 0.1) is 17.4 Å². The van der Waals surface area contributed by atoms with Crippen molar-refractivity contribution >= 4 is 50.7 Å². The molecular formula is C20H19IN2O2S. The molecule has 1 aromatic heterocycles. The molecule has 26 heavy (non-hydrogen) atoms. The van der Waals surface area contributed by atoms with E-state index in [1.165, 1.54) is 16.9 Å². The third kappa shape index (κ3) is 4.24. The lowest BCUT2D eigenvalue weighted by Crippen LogP contribution is -2.22. The zero-order chi connectivity index (χ0) is 18.7. The van der Waals surface area contributed by atoms with Gasteiger partial charge in [-0.1, -0.05) is 18.2 Å². The van der Waals surface area contributed by atoms with Crippen LogP contribution in [-0.4, -0.2) is 10.9 Å². The second-order valence-corrected chi connectivity index (χ2v) is 7.96. The molecule has 3 aromatic rings. The number of aromatic nitrogens is 1. The van der Waals surface area contributed by atoms with E-state index in [4.69, 9.17) is 4.74 Å². The molecule has 1 amide bonds. The number of nitrogens with zero attached hydrogens (tertiary/aromatic N) is 2. The molecule has 0 atom stereocenters. The molecule has 0 aliphatic rings. The first-order chi connectivity index (χ1) is 12.5. The first kappa shape index (κ1) is 18.8. The summed E-state index contributed by atoms with van der Waals surface area (Å²) in [5.74, 6) is 0.771. The van der Waals surface area contributed by atoms with Gasteiger partial charge in [-0.05, 0) is 71.8 Å². The summed E-state index contributed by atoms with van der Waals surface area (Å²) in [7, 11) is 0. The van der Waals surface area contributed by atoms with Crippen molar-refractivity contribution in [2.24, 2.45) is 0 Å². The minimum absolute atomic E-state index is 0.0623. The molecule has 0 fully saturated rings. The van der Waals surface area contributed by atoms with E-state index in [1.807, 2.05) is 54.8 Å². The molecule has 134 valence electrons. The Morgan fingerprint density at radius 2 is 1.96 bits per heavy atom. The van der Waals surface area contributed by atoms with Gasteiger partial charge in [-0.15, -0.1) is 11.3 Å². The van der Waals surface area contributed by atoms with Crippen molar-refractivity contribution in [1.29, 1.82) is 0 Å². The van der Waals surface area contributed by atoms with E-state index in [0.29, 0.717) is 11.7 Å². The number of para-hydroxylation sites is 1. The lowest BCUT2D eigenvalue weighted by molar-refractivity contribution is -0.115. The highest BCUT2D eigenvalue weighted by Gasteiger charge is 2.18. The number of hydrogen-bond donors (Lipinski definition) is 0. The zero-order valence-electron chi connectivity index (χ0n) is 14.8. The van der Waals surface area contributed by atoms with Gasteiger partial charge in [0.2, 0.25) is 5.91 Å². The molecule has 3 rings (SSSR count). The second kappa shape index (κ2) is 8.18. The van der Waals surface area contributed by atoms with Crippen LogP contribution in [0.4, 0.5) is 10.8 Å². The van der Waals surface area contributed by atoms with E-state index in [-0.39, 0.29) is 5.91 Å². The summed E-state index contributed by atoms with van der Waals surface area (Å²) < 4.78 is 6.91. The van der Waals surface area contributed by atoms with Crippen LogP contribution in [0.1, 0.15) is 23.7 Å². The van der Waals surface area contributed by atoms with Gasteiger partial charge in [-0.25, -0.2) is 4.98 Å². The number of carbonyl (C=O) groups is 1. The number of amides is 1. The summed E-state index contributed by atoms with van der Waals surface area (Å²) in [6.45, 7) is 6.02. The van der Waals surface area contributed by atoms with E-state index in [9.17, 15) is 4.79 Å². The quantitative estimate of drug-likeness (QED) is 0.447. The molecule has 0 unspecified atom stereocenters. The highest BCUT2D eigenvalue weighted by Crippen LogP contribution is 2.30. The molecule has 1 heterocycles. The molecular weight excluding hydrogens is 459 g/mol. The van der Waals surface area contributed by atoms with Crippen LogP contribution in [0.25, 0.3) is 0 Å². The van der Waals surface area contributed by atoms with Crippen LogP contribution in [-0.2, 0) is 11.4 Å². The summed E-state index contributed by atoms with van der Waals surface area (Å²) in [6.07, 6.45) is 0. The largest absolute Gasteiger partial charge is 0.486 e. The van der Waals surface area contributed by atoms with Crippen LogP contribution < -0.4 is 9.64 Å². The summed E-state index contributed by atoms with van der Waals surface area (Å²) in [5, 5.41) is 2.59. The molecule has 0 bridgehead atoms. The smallest absolute Gasteiger partial charge is 0.230 e. The minimum Gasteiger partial charge on any atom is -0.486 e. The van der Waals surface area contributed by atoms with E-state index in [2.05, 4.69) is 34.5 Å². The third-order valence-corrected chi connectivity index (χ3v) is 5.77. The van der Waals surface area contributed by atoms with Crippen LogP contribution in [0.3, 0.4) is 0 Å². The summed E-state index contributed by atoms with van der Waals surface area (Å²) in [5.41, 5.74) is 3.98. The SMILES string of the molecule is CC(=O)N(c1ccc(C)c(C)c1)c1nc(COc2ccccc2I)cs1. The average molecular weight is 478 g/mol. The fraction of sp³-hybridized carbons (Fsp3) is 0.200. The van der Waals surface area contributed by atoms with E-state index < -0.39 is 0 Å². The summed E-state index contributed by atoms with van der Waals surface area (Å²) >= 11 is 3.69. The number of thiazole rings is 1. The number of carbonyl (C=O) groups excluding carboxylic acids is 1. The zero-order valence-corrected chi connectivity index (χ0v) is 17.8. The van der Waals surface area contributed by atoms with Gasteiger partial charge >= 0.3 is 0 Å². The van der Waals surface area contributed by atoms with E-state index in [1.54, 1.807) is 11.8 Å². The minimum atomic E-state index is -0.0623. The molecule has 0 saturated heterocycles. The van der Waals surface area contributed by atoms with Gasteiger partial charge in [-0.2, -0.15) is 0 Å². The number of benzene rings is 2. The molecule has 0 radical (unpaired) electrons. The number of hydrogen-bond acceptors (Lipinski definition) is 4. The number of ether oxygens (including phenoxy) is 1. The van der Waals surface area contributed by atoms with Crippen molar-refractivity contribution in [2.45, 2.75) is 27.4 Å². The molecule has 6 heteroatoms. The Kier molecular flexibility index (Phi) is 5.93. The van der Waals surface area contributed by atoms with Crippen molar-refractivity contribution in [2.75, 3.05) is 4.90 Å². The monoisotopic (exact) mass is 478 g/mol. The normalized spacial score (nSPS) is 10.6. The van der Waals surface area contributed by atoms with Gasteiger partial charge in [0.1, 0.15) is 12.4 Å². The summed E-state index contributed by atoms with van der Waals surface area (Å²) in [4.78, 5) is 18.5. The fourth-order valence-corrected chi connectivity index (χ4v) is 3.89. The molecule has 4 nitrogen and oxygen atoms in total. The Morgan fingerprint density at radius 1 is 1.19 bits per heavy atom. The maximum atomic E-state index is 12.2. The van der Waals surface area contributed by atoms with Gasteiger partial charge in [0.05, 0.1) is 15.0 Å². The van der Waals surface area contributed by atoms with Crippen molar-refractivity contribution < 1.29 is 9.53 Å². The average Bonchev–Trinajstić information content (AvgIpc) is 3.05. The van der Waals surface area contributed by atoms with Gasteiger partial charge in [-0.3, -0.25) is 9.69 Å². The van der Waals surface area contributed by atoms with Crippen LogP contribution in [0.15, 0.2) is 47.8 Å². The maximum Gasteiger partial charge on any atom is 0.230 e. The second-order valence-electron chi connectivity index (χ2n) is 5.96. The molecule has 0 N–H and O–H groups in total. The predicted molar refractivity (Wildman–Crippen MR) is 114 cm³/mol. The lowest BCUT2D eigenvalue weighted by atomic mass is 10.1. The van der Waals surface area contributed by atoms with Gasteiger partial charge < -0.3 is 4.74 Å². The number of anilines is 2. The van der Waals surface area contributed by atoms with Crippen molar-refractivity contribution in [3.8, 4) is 5.75 Å². The van der Waals surface area contributed by atoms with E-state index in [0.717, 1.165) is 26.3 Å². The highest BCUT2D eigenvalue weighted by molar-refractivity contribution is 14.1. The Morgan fingerprint density at radius 3 is 2.65 bits per heavy atom. The summed E-state index contributed by atoms with van der Waals surface area (Å²) in [6, 6.07) is 13.8. The molecule has 0 spiro atoms. The van der Waals surface area contributed by atoms with Crippen molar-refractivity contribution in [1.82, 2.24) is 4.98 Å². The Hall–Kier alpha value is -1.93. The topological polar surface area (TPSA) is 42.4 Å². The van der Waals surface area contributed by atoms with Crippen LogP contribution in [0.2, 0.25) is 0 Å². The highest BCUT2D eigenvalue weighted by atomic mass is 127. The lowest BCUT2D eigenvalue weighted by Gasteiger charge is -2.19. The van der Waals surface area contributed by atoms with Crippen molar-refractivity contribution in [3.05, 3.63) is 68.2 Å². The molecule has 2 aromatic carbocycles. The number of aryl methyl sites for hydroxylation is 2. The van der Waals surface area contributed by atoms with Gasteiger partial charge in [0, 0.05) is 12.3 Å². The first-order valence-electron chi connectivity index (χ1n) is 8.15. The number of halogens is 1. The van der Waals surface area contributed by atoms with Gasteiger partial charge in [0.25, 0.3) is 0 Å². The van der Waals surface area contributed by atoms with Gasteiger partial charge in [0.15, 0.2) is 5.13 Å².